The predicted octanol–water partition coefficient (Wildman–Crippen LogP) is 2.11. The van der Waals surface area contributed by atoms with Crippen LogP contribution in [0.5, 0.6) is 0 Å². The molecule has 1 aliphatic heterocycles. The average molecular weight is 198 g/mol. The van der Waals surface area contributed by atoms with E-state index in [0.29, 0.717) is 0 Å². The molecule has 0 atom stereocenters. The van der Waals surface area contributed by atoms with E-state index in [2.05, 4.69) is 31.1 Å². The second-order valence-electron chi connectivity index (χ2n) is 4.61. The van der Waals surface area contributed by atoms with Crippen LogP contribution < -0.4 is 5.32 Å². The molecular weight excluding hydrogens is 172 g/mol. The van der Waals surface area contributed by atoms with E-state index in [1.165, 1.54) is 45.3 Å². The number of nitrogens with zero attached hydrogens (tertiary/aromatic N) is 1. The lowest BCUT2D eigenvalue weighted by Gasteiger charge is -2.44. The summed E-state index contributed by atoms with van der Waals surface area (Å²) in [5, 5.41) is 3.27. The van der Waals surface area contributed by atoms with Crippen molar-refractivity contribution in [3.8, 4) is 0 Å². The van der Waals surface area contributed by atoms with E-state index in [4.69, 9.17) is 0 Å². The summed E-state index contributed by atoms with van der Waals surface area (Å²) in [4.78, 5) is 2.68. The Bertz CT molecular complexity index is 135. The van der Waals surface area contributed by atoms with Gasteiger partial charge in [-0.25, -0.2) is 0 Å². The van der Waals surface area contributed by atoms with Gasteiger partial charge in [0.1, 0.15) is 0 Å². The fraction of sp³-hybridized carbons (Fsp3) is 1.00. The molecule has 1 fully saturated rings. The molecule has 14 heavy (non-hydrogen) atoms. The van der Waals surface area contributed by atoms with Gasteiger partial charge in [0.25, 0.3) is 0 Å². The van der Waals surface area contributed by atoms with Crippen LogP contribution in [0.25, 0.3) is 0 Å². The van der Waals surface area contributed by atoms with Crippen LogP contribution in [0, 0.1) is 5.92 Å². The van der Waals surface area contributed by atoms with Crippen molar-refractivity contribution in [3.05, 3.63) is 0 Å². The Labute approximate surface area is 89.1 Å². The van der Waals surface area contributed by atoms with Gasteiger partial charge in [-0.15, -0.1) is 0 Å². The number of nitrogens with one attached hydrogen (secondary N) is 1. The molecule has 1 heterocycles. The summed E-state index contributed by atoms with van der Waals surface area (Å²) in [7, 11) is 2.05. The van der Waals surface area contributed by atoms with Gasteiger partial charge in [0.15, 0.2) is 0 Å². The van der Waals surface area contributed by atoms with Gasteiger partial charge in [-0.2, -0.15) is 0 Å². The molecular formula is C12H26N2. The summed E-state index contributed by atoms with van der Waals surface area (Å²) in [6, 6.07) is 0.873. The molecule has 0 aromatic carbocycles. The molecule has 0 aliphatic carbocycles. The zero-order valence-corrected chi connectivity index (χ0v) is 10.1. The maximum absolute atomic E-state index is 3.27. The summed E-state index contributed by atoms with van der Waals surface area (Å²) in [5.74, 6) is 0.913. The average Bonchev–Trinajstić information content (AvgIpc) is 2.10. The van der Waals surface area contributed by atoms with E-state index in [1.807, 2.05) is 0 Å². The van der Waals surface area contributed by atoms with Crippen LogP contribution in [0.3, 0.4) is 0 Å². The molecule has 1 N–H and O–H groups in total. The lowest BCUT2D eigenvalue weighted by molar-refractivity contribution is 0.0447. The highest BCUT2D eigenvalue weighted by molar-refractivity contribution is 4.85. The molecule has 0 saturated carbocycles. The molecule has 84 valence electrons. The first-order chi connectivity index (χ1) is 6.81. The van der Waals surface area contributed by atoms with E-state index >= 15 is 0 Å². The highest BCUT2D eigenvalue weighted by Gasteiger charge is 2.30. The quantitative estimate of drug-likeness (QED) is 0.674. The van der Waals surface area contributed by atoms with Crippen molar-refractivity contribution in [1.82, 2.24) is 10.2 Å². The van der Waals surface area contributed by atoms with Crippen molar-refractivity contribution in [2.45, 2.75) is 45.6 Å². The number of hydrogen-bond acceptors (Lipinski definition) is 2. The summed E-state index contributed by atoms with van der Waals surface area (Å²) in [5.41, 5.74) is 0. The SMILES string of the molecule is CCCC(CCC)N1CC(CNC)C1. The van der Waals surface area contributed by atoms with Crippen LogP contribution in [0.2, 0.25) is 0 Å². The van der Waals surface area contributed by atoms with Gasteiger partial charge in [0.2, 0.25) is 0 Å². The minimum atomic E-state index is 0.873. The van der Waals surface area contributed by atoms with E-state index in [9.17, 15) is 0 Å². The molecule has 0 bridgehead atoms. The summed E-state index contributed by atoms with van der Waals surface area (Å²) in [6.45, 7) is 8.44. The highest BCUT2D eigenvalue weighted by atomic mass is 15.2. The Morgan fingerprint density at radius 3 is 2.21 bits per heavy atom. The van der Waals surface area contributed by atoms with Crippen molar-refractivity contribution in [2.75, 3.05) is 26.7 Å². The maximum Gasteiger partial charge on any atom is 0.00953 e. The third kappa shape index (κ3) is 3.25. The lowest BCUT2D eigenvalue weighted by atomic mass is 9.94. The maximum atomic E-state index is 3.27. The number of likely N-dealkylation sites (tertiary alicyclic amines) is 1. The third-order valence-electron chi connectivity index (χ3n) is 3.24. The van der Waals surface area contributed by atoms with Gasteiger partial charge in [-0.05, 0) is 25.8 Å². The Kier molecular flexibility index (Phi) is 5.49. The summed E-state index contributed by atoms with van der Waals surface area (Å²) in [6.07, 6.45) is 5.44. The third-order valence-corrected chi connectivity index (χ3v) is 3.24. The van der Waals surface area contributed by atoms with Crippen LogP contribution in [0.15, 0.2) is 0 Å². The molecule has 2 heteroatoms. The number of hydrogen-bond donors (Lipinski definition) is 1. The fourth-order valence-electron chi connectivity index (χ4n) is 2.50. The van der Waals surface area contributed by atoms with Crippen LogP contribution >= 0.6 is 0 Å². The summed E-state index contributed by atoms with van der Waals surface area (Å²) >= 11 is 0. The largest absolute Gasteiger partial charge is 0.319 e. The van der Waals surface area contributed by atoms with Crippen LogP contribution in [-0.2, 0) is 0 Å². The van der Waals surface area contributed by atoms with Gasteiger partial charge >= 0.3 is 0 Å². The van der Waals surface area contributed by atoms with Gasteiger partial charge in [-0.3, -0.25) is 4.90 Å². The lowest BCUT2D eigenvalue weighted by Crippen LogP contribution is -2.54. The van der Waals surface area contributed by atoms with Crippen LogP contribution in [0.1, 0.15) is 39.5 Å². The molecule has 0 aromatic rings. The molecule has 1 saturated heterocycles. The Morgan fingerprint density at radius 1 is 1.21 bits per heavy atom. The van der Waals surface area contributed by atoms with Crippen LogP contribution in [0.4, 0.5) is 0 Å². The van der Waals surface area contributed by atoms with Crippen molar-refractivity contribution >= 4 is 0 Å². The smallest absolute Gasteiger partial charge is 0.00953 e. The van der Waals surface area contributed by atoms with E-state index in [1.54, 1.807) is 0 Å². The van der Waals surface area contributed by atoms with Gasteiger partial charge in [0.05, 0.1) is 0 Å². The first kappa shape index (κ1) is 12.0. The molecule has 0 unspecified atom stereocenters. The molecule has 0 amide bonds. The zero-order chi connectivity index (χ0) is 10.4. The summed E-state index contributed by atoms with van der Waals surface area (Å²) < 4.78 is 0. The first-order valence-corrected chi connectivity index (χ1v) is 6.20. The van der Waals surface area contributed by atoms with Gasteiger partial charge in [0, 0.05) is 25.7 Å². The molecule has 0 radical (unpaired) electrons. The minimum Gasteiger partial charge on any atom is -0.319 e. The van der Waals surface area contributed by atoms with Crippen molar-refractivity contribution < 1.29 is 0 Å². The second-order valence-corrected chi connectivity index (χ2v) is 4.61. The van der Waals surface area contributed by atoms with E-state index in [0.717, 1.165) is 12.0 Å². The zero-order valence-electron chi connectivity index (χ0n) is 10.1. The first-order valence-electron chi connectivity index (χ1n) is 6.20. The second kappa shape index (κ2) is 6.41. The Balaban J connectivity index is 2.19. The standard InChI is InChI=1S/C12H26N2/c1-4-6-12(7-5-2)14-9-11(10-14)8-13-3/h11-13H,4-10H2,1-3H3. The minimum absolute atomic E-state index is 0.873. The predicted molar refractivity (Wildman–Crippen MR) is 62.6 cm³/mol. The van der Waals surface area contributed by atoms with Crippen molar-refractivity contribution in [1.29, 1.82) is 0 Å². The Morgan fingerprint density at radius 2 is 1.79 bits per heavy atom. The van der Waals surface area contributed by atoms with Crippen molar-refractivity contribution in [2.24, 2.45) is 5.92 Å². The molecule has 2 nitrogen and oxygen atoms in total. The van der Waals surface area contributed by atoms with Gasteiger partial charge < -0.3 is 5.32 Å². The topological polar surface area (TPSA) is 15.3 Å². The van der Waals surface area contributed by atoms with E-state index in [-0.39, 0.29) is 0 Å². The van der Waals surface area contributed by atoms with Crippen LogP contribution in [-0.4, -0.2) is 37.6 Å². The molecule has 0 aromatic heterocycles. The molecule has 1 aliphatic rings. The van der Waals surface area contributed by atoms with E-state index < -0.39 is 0 Å². The number of rotatable bonds is 7. The molecule has 1 rings (SSSR count). The highest BCUT2D eigenvalue weighted by Crippen LogP contribution is 2.23. The van der Waals surface area contributed by atoms with Crippen molar-refractivity contribution in [3.63, 3.8) is 0 Å². The van der Waals surface area contributed by atoms with Gasteiger partial charge in [-0.1, -0.05) is 26.7 Å². The Hall–Kier alpha value is -0.0800. The monoisotopic (exact) mass is 198 g/mol. The normalized spacial score (nSPS) is 18.9. The fourth-order valence-corrected chi connectivity index (χ4v) is 2.50. The molecule has 0 spiro atoms.